The van der Waals surface area contributed by atoms with Crippen molar-refractivity contribution < 1.29 is 0 Å². The van der Waals surface area contributed by atoms with Crippen molar-refractivity contribution in [2.75, 3.05) is 0 Å². The SMILES string of the molecule is CCCC1CC1NC1c2ccccc2Cc2ccccc21. The highest BCUT2D eigenvalue weighted by atomic mass is 15.0. The lowest BCUT2D eigenvalue weighted by molar-refractivity contribution is 0.541. The van der Waals surface area contributed by atoms with Crippen LogP contribution >= 0.6 is 0 Å². The molecule has 2 aliphatic carbocycles. The summed E-state index contributed by atoms with van der Waals surface area (Å²) in [6.45, 7) is 2.29. The van der Waals surface area contributed by atoms with E-state index in [1.807, 2.05) is 0 Å². The van der Waals surface area contributed by atoms with Crippen LogP contribution in [0.4, 0.5) is 0 Å². The first kappa shape index (κ1) is 13.1. The maximum Gasteiger partial charge on any atom is 0.0584 e. The minimum Gasteiger partial charge on any atom is -0.303 e. The van der Waals surface area contributed by atoms with Gasteiger partial charge in [-0.1, -0.05) is 61.9 Å². The second-order valence-corrected chi connectivity index (χ2v) is 6.57. The van der Waals surface area contributed by atoms with Gasteiger partial charge in [-0.2, -0.15) is 0 Å². The summed E-state index contributed by atoms with van der Waals surface area (Å²) in [6.07, 6.45) is 5.11. The van der Waals surface area contributed by atoms with Crippen molar-refractivity contribution in [1.82, 2.24) is 5.32 Å². The van der Waals surface area contributed by atoms with Crippen LogP contribution in [-0.4, -0.2) is 6.04 Å². The molecule has 0 spiro atoms. The molecule has 0 heterocycles. The Balaban J connectivity index is 1.66. The zero-order valence-electron chi connectivity index (χ0n) is 12.7. The Bertz CT molecular complexity index is 600. The Kier molecular flexibility index (Phi) is 3.31. The number of rotatable bonds is 4. The zero-order valence-corrected chi connectivity index (χ0v) is 12.7. The number of hydrogen-bond acceptors (Lipinski definition) is 1. The van der Waals surface area contributed by atoms with Gasteiger partial charge in [0, 0.05) is 6.04 Å². The Hall–Kier alpha value is -1.60. The van der Waals surface area contributed by atoms with Crippen molar-refractivity contribution >= 4 is 0 Å². The fourth-order valence-electron chi connectivity index (χ4n) is 3.86. The highest BCUT2D eigenvalue weighted by Gasteiger charge is 2.39. The van der Waals surface area contributed by atoms with Crippen molar-refractivity contribution in [3.8, 4) is 0 Å². The molecule has 2 aromatic carbocycles. The average molecular weight is 277 g/mol. The van der Waals surface area contributed by atoms with Crippen LogP contribution in [0, 0.1) is 5.92 Å². The molecule has 1 nitrogen and oxygen atoms in total. The summed E-state index contributed by atoms with van der Waals surface area (Å²) in [6, 6.07) is 19.0. The van der Waals surface area contributed by atoms with Gasteiger partial charge in [0.05, 0.1) is 6.04 Å². The summed E-state index contributed by atoms with van der Waals surface area (Å²) in [5, 5.41) is 3.94. The summed E-state index contributed by atoms with van der Waals surface area (Å²) in [7, 11) is 0. The van der Waals surface area contributed by atoms with Gasteiger partial charge < -0.3 is 5.32 Å². The Morgan fingerprint density at radius 1 is 0.952 bits per heavy atom. The summed E-state index contributed by atoms with van der Waals surface area (Å²) in [4.78, 5) is 0. The largest absolute Gasteiger partial charge is 0.303 e. The minimum absolute atomic E-state index is 0.387. The first-order valence-corrected chi connectivity index (χ1v) is 8.28. The maximum atomic E-state index is 3.94. The molecule has 1 saturated carbocycles. The van der Waals surface area contributed by atoms with Crippen LogP contribution in [0.3, 0.4) is 0 Å². The van der Waals surface area contributed by atoms with E-state index < -0.39 is 0 Å². The molecule has 2 unspecified atom stereocenters. The van der Waals surface area contributed by atoms with Crippen molar-refractivity contribution in [2.24, 2.45) is 5.92 Å². The first-order valence-electron chi connectivity index (χ1n) is 8.28. The van der Waals surface area contributed by atoms with Gasteiger partial charge >= 0.3 is 0 Å². The maximum absolute atomic E-state index is 3.94. The molecule has 0 saturated heterocycles. The van der Waals surface area contributed by atoms with E-state index in [9.17, 15) is 0 Å². The second kappa shape index (κ2) is 5.31. The average Bonchev–Trinajstić information content (AvgIpc) is 3.25. The molecule has 2 atom stereocenters. The predicted octanol–water partition coefficient (Wildman–Crippen LogP) is 4.46. The molecule has 2 aliphatic rings. The summed E-state index contributed by atoms with van der Waals surface area (Å²) in [5.41, 5.74) is 5.94. The van der Waals surface area contributed by atoms with Crippen LogP contribution in [0.25, 0.3) is 0 Å². The lowest BCUT2D eigenvalue weighted by Crippen LogP contribution is -2.29. The standard InChI is InChI=1S/C20H23N/c1-2-7-16-13-19(16)21-20-17-10-5-3-8-14(17)12-15-9-4-6-11-18(15)20/h3-6,8-11,16,19-21H,2,7,12-13H2,1H3. The van der Waals surface area contributed by atoms with Crippen LogP contribution in [0.15, 0.2) is 48.5 Å². The van der Waals surface area contributed by atoms with Crippen molar-refractivity contribution in [3.05, 3.63) is 70.8 Å². The zero-order chi connectivity index (χ0) is 14.2. The Labute approximate surface area is 127 Å². The third-order valence-electron chi connectivity index (χ3n) is 5.08. The van der Waals surface area contributed by atoms with Crippen LogP contribution in [-0.2, 0) is 6.42 Å². The van der Waals surface area contributed by atoms with Crippen LogP contribution in [0.1, 0.15) is 54.5 Å². The third kappa shape index (κ3) is 2.40. The highest BCUT2D eigenvalue weighted by Crippen LogP contribution is 2.41. The summed E-state index contributed by atoms with van der Waals surface area (Å²) in [5.74, 6) is 0.899. The lowest BCUT2D eigenvalue weighted by atomic mass is 9.82. The van der Waals surface area contributed by atoms with Gasteiger partial charge in [-0.15, -0.1) is 0 Å². The van der Waals surface area contributed by atoms with E-state index in [0.717, 1.165) is 12.3 Å². The minimum atomic E-state index is 0.387. The number of fused-ring (bicyclic) bond motifs is 2. The third-order valence-corrected chi connectivity index (χ3v) is 5.08. The highest BCUT2D eigenvalue weighted by molar-refractivity contribution is 5.48. The van der Waals surface area contributed by atoms with Gasteiger partial charge in [-0.05, 0) is 47.4 Å². The summed E-state index contributed by atoms with van der Waals surface area (Å²) >= 11 is 0. The molecule has 0 radical (unpaired) electrons. The molecule has 108 valence electrons. The number of hydrogen-bond donors (Lipinski definition) is 1. The van der Waals surface area contributed by atoms with Gasteiger partial charge in [0.2, 0.25) is 0 Å². The van der Waals surface area contributed by atoms with Crippen LogP contribution < -0.4 is 5.32 Å². The topological polar surface area (TPSA) is 12.0 Å². The molecular formula is C20H23N. The molecule has 0 aliphatic heterocycles. The van der Waals surface area contributed by atoms with Gasteiger partial charge in [0.15, 0.2) is 0 Å². The molecule has 0 bridgehead atoms. The molecule has 1 N–H and O–H groups in total. The number of nitrogens with one attached hydrogen (secondary N) is 1. The fourth-order valence-corrected chi connectivity index (χ4v) is 3.86. The second-order valence-electron chi connectivity index (χ2n) is 6.57. The molecule has 1 heteroatoms. The molecule has 1 fully saturated rings. The van der Waals surface area contributed by atoms with E-state index >= 15 is 0 Å². The molecule has 0 aromatic heterocycles. The summed E-state index contributed by atoms with van der Waals surface area (Å²) < 4.78 is 0. The van der Waals surface area contributed by atoms with E-state index in [1.54, 1.807) is 0 Å². The lowest BCUT2D eigenvalue weighted by Gasteiger charge is -2.29. The molecular weight excluding hydrogens is 254 g/mol. The Morgan fingerprint density at radius 3 is 2.19 bits per heavy atom. The molecule has 21 heavy (non-hydrogen) atoms. The van der Waals surface area contributed by atoms with Crippen LogP contribution in [0.2, 0.25) is 0 Å². The monoisotopic (exact) mass is 277 g/mol. The normalized spacial score (nSPS) is 23.5. The molecule has 2 aromatic rings. The van der Waals surface area contributed by atoms with E-state index in [0.29, 0.717) is 12.1 Å². The van der Waals surface area contributed by atoms with Gasteiger partial charge in [0.25, 0.3) is 0 Å². The molecule has 0 amide bonds. The first-order chi connectivity index (χ1) is 10.4. The van der Waals surface area contributed by atoms with Gasteiger partial charge in [-0.25, -0.2) is 0 Å². The van der Waals surface area contributed by atoms with E-state index in [1.165, 1.54) is 41.5 Å². The van der Waals surface area contributed by atoms with Crippen molar-refractivity contribution in [1.29, 1.82) is 0 Å². The smallest absolute Gasteiger partial charge is 0.0584 e. The van der Waals surface area contributed by atoms with E-state index in [4.69, 9.17) is 0 Å². The van der Waals surface area contributed by atoms with Crippen molar-refractivity contribution in [2.45, 2.75) is 44.7 Å². The van der Waals surface area contributed by atoms with Crippen molar-refractivity contribution in [3.63, 3.8) is 0 Å². The molecule has 4 rings (SSSR count). The number of benzene rings is 2. The predicted molar refractivity (Wildman–Crippen MR) is 87.5 cm³/mol. The van der Waals surface area contributed by atoms with E-state index in [-0.39, 0.29) is 0 Å². The van der Waals surface area contributed by atoms with Crippen LogP contribution in [0.5, 0.6) is 0 Å². The fraction of sp³-hybridized carbons (Fsp3) is 0.400. The van der Waals surface area contributed by atoms with Gasteiger partial charge in [-0.3, -0.25) is 0 Å². The Morgan fingerprint density at radius 2 is 1.57 bits per heavy atom. The van der Waals surface area contributed by atoms with Gasteiger partial charge in [0.1, 0.15) is 0 Å². The quantitative estimate of drug-likeness (QED) is 0.870. The van der Waals surface area contributed by atoms with E-state index in [2.05, 4.69) is 60.8 Å².